The summed E-state index contributed by atoms with van der Waals surface area (Å²) >= 11 is 0. The second kappa shape index (κ2) is 7.95. The number of nitrogens with zero attached hydrogens (tertiary/aromatic N) is 1. The smallest absolute Gasteiger partial charge is 0.239 e. The summed E-state index contributed by atoms with van der Waals surface area (Å²) in [5.41, 5.74) is 6.66. The molecule has 0 spiro atoms. The Morgan fingerprint density at radius 3 is 2.72 bits per heavy atom. The zero-order chi connectivity index (χ0) is 12.8. The van der Waals surface area contributed by atoms with Gasteiger partial charge in [0.15, 0.2) is 0 Å². The van der Waals surface area contributed by atoms with Crippen LogP contribution in [0.1, 0.15) is 12.5 Å². The van der Waals surface area contributed by atoms with Crippen molar-refractivity contribution in [2.75, 3.05) is 20.2 Å². The minimum absolute atomic E-state index is 0. The van der Waals surface area contributed by atoms with Crippen LogP contribution >= 0.6 is 12.4 Å². The quantitative estimate of drug-likeness (QED) is 0.886. The Bertz CT molecular complexity index is 383. The fraction of sp³-hybridized carbons (Fsp3) is 0.462. The van der Waals surface area contributed by atoms with Crippen molar-refractivity contribution in [1.82, 2.24) is 4.90 Å². The summed E-state index contributed by atoms with van der Waals surface area (Å²) in [6.07, 6.45) is 0. The fourth-order valence-electron chi connectivity index (χ4n) is 1.46. The molecule has 0 saturated heterocycles. The zero-order valence-electron chi connectivity index (χ0n) is 11.1. The van der Waals surface area contributed by atoms with Gasteiger partial charge in [0.25, 0.3) is 0 Å². The highest BCUT2D eigenvalue weighted by atomic mass is 35.5. The summed E-state index contributed by atoms with van der Waals surface area (Å²) in [7, 11) is 1.73. The maximum atomic E-state index is 11.5. The third-order valence-electron chi connectivity index (χ3n) is 2.45. The highest BCUT2D eigenvalue weighted by Crippen LogP contribution is 2.11. The Morgan fingerprint density at radius 1 is 1.50 bits per heavy atom. The molecule has 1 unspecified atom stereocenters. The van der Waals surface area contributed by atoms with E-state index < -0.39 is 6.04 Å². The van der Waals surface area contributed by atoms with Crippen LogP contribution in [0.5, 0.6) is 5.75 Å². The topological polar surface area (TPSA) is 55.6 Å². The Labute approximate surface area is 115 Å². The molecular formula is C13H21ClN2O2. The third-order valence-corrected chi connectivity index (χ3v) is 2.45. The van der Waals surface area contributed by atoms with Gasteiger partial charge in [-0.15, -0.1) is 12.4 Å². The molecule has 0 aliphatic rings. The third kappa shape index (κ3) is 5.38. The van der Waals surface area contributed by atoms with Gasteiger partial charge in [0.1, 0.15) is 12.4 Å². The normalized spacial score (nSPS) is 11.3. The molecule has 0 bridgehead atoms. The molecule has 1 atom stereocenters. The second-order valence-electron chi connectivity index (χ2n) is 4.21. The molecule has 0 radical (unpaired) electrons. The minimum atomic E-state index is -0.459. The lowest BCUT2D eigenvalue weighted by molar-refractivity contribution is -0.131. The van der Waals surface area contributed by atoms with Crippen LogP contribution in [0, 0.1) is 6.92 Å². The van der Waals surface area contributed by atoms with E-state index in [0.29, 0.717) is 13.2 Å². The lowest BCUT2D eigenvalue weighted by Gasteiger charge is -2.19. The monoisotopic (exact) mass is 272 g/mol. The van der Waals surface area contributed by atoms with Gasteiger partial charge < -0.3 is 15.4 Å². The SMILES string of the molecule is Cc1cccc(OCCN(C)C(=O)C(C)N)c1.Cl. The molecular weight excluding hydrogens is 252 g/mol. The van der Waals surface area contributed by atoms with Gasteiger partial charge in [-0.1, -0.05) is 12.1 Å². The van der Waals surface area contributed by atoms with Gasteiger partial charge in [-0.25, -0.2) is 0 Å². The van der Waals surface area contributed by atoms with Crippen LogP contribution in [-0.4, -0.2) is 37.0 Å². The average molecular weight is 273 g/mol. The predicted octanol–water partition coefficient (Wildman–Crippen LogP) is 1.60. The van der Waals surface area contributed by atoms with E-state index in [1.807, 2.05) is 31.2 Å². The van der Waals surface area contributed by atoms with Crippen molar-refractivity contribution in [3.63, 3.8) is 0 Å². The number of nitrogens with two attached hydrogens (primary N) is 1. The van der Waals surface area contributed by atoms with Crippen molar-refractivity contribution in [1.29, 1.82) is 0 Å². The molecule has 1 aromatic carbocycles. The number of aryl methyl sites for hydroxylation is 1. The van der Waals surface area contributed by atoms with Crippen LogP contribution in [0.25, 0.3) is 0 Å². The van der Waals surface area contributed by atoms with E-state index >= 15 is 0 Å². The molecule has 0 aliphatic heterocycles. The maximum Gasteiger partial charge on any atom is 0.239 e. The molecule has 1 rings (SSSR count). The van der Waals surface area contributed by atoms with E-state index in [9.17, 15) is 4.79 Å². The standard InChI is InChI=1S/C13H20N2O2.ClH/c1-10-5-4-6-12(9-10)17-8-7-15(3)13(16)11(2)14;/h4-6,9,11H,7-8,14H2,1-3H3;1H. The number of hydrogen-bond donors (Lipinski definition) is 1. The van der Waals surface area contributed by atoms with Crippen molar-refractivity contribution in [2.45, 2.75) is 19.9 Å². The van der Waals surface area contributed by atoms with Gasteiger partial charge in [0, 0.05) is 7.05 Å². The molecule has 102 valence electrons. The minimum Gasteiger partial charge on any atom is -0.492 e. The van der Waals surface area contributed by atoms with E-state index in [1.165, 1.54) is 0 Å². The largest absolute Gasteiger partial charge is 0.492 e. The van der Waals surface area contributed by atoms with Gasteiger partial charge >= 0.3 is 0 Å². The first-order valence-electron chi connectivity index (χ1n) is 5.70. The van der Waals surface area contributed by atoms with Crippen LogP contribution in [-0.2, 0) is 4.79 Å². The van der Waals surface area contributed by atoms with Gasteiger partial charge in [-0.3, -0.25) is 4.79 Å². The average Bonchev–Trinajstić information content (AvgIpc) is 2.27. The van der Waals surface area contributed by atoms with Crippen LogP contribution < -0.4 is 10.5 Å². The van der Waals surface area contributed by atoms with Crippen LogP contribution in [0.4, 0.5) is 0 Å². The molecule has 0 fully saturated rings. The summed E-state index contributed by atoms with van der Waals surface area (Å²) in [6, 6.07) is 7.37. The summed E-state index contributed by atoms with van der Waals surface area (Å²) in [5, 5.41) is 0. The number of benzene rings is 1. The van der Waals surface area contributed by atoms with Crippen molar-refractivity contribution in [2.24, 2.45) is 5.73 Å². The van der Waals surface area contributed by atoms with E-state index in [4.69, 9.17) is 10.5 Å². The van der Waals surface area contributed by atoms with Crippen molar-refractivity contribution >= 4 is 18.3 Å². The number of carbonyl (C=O) groups excluding carboxylic acids is 1. The number of carbonyl (C=O) groups is 1. The van der Waals surface area contributed by atoms with Crippen molar-refractivity contribution < 1.29 is 9.53 Å². The van der Waals surface area contributed by atoms with Crippen LogP contribution in [0.15, 0.2) is 24.3 Å². The Kier molecular flexibility index (Phi) is 7.39. The molecule has 0 aromatic heterocycles. The molecule has 18 heavy (non-hydrogen) atoms. The molecule has 2 N–H and O–H groups in total. The van der Waals surface area contributed by atoms with E-state index in [1.54, 1.807) is 18.9 Å². The first kappa shape index (κ1) is 16.7. The van der Waals surface area contributed by atoms with Gasteiger partial charge in [0.05, 0.1) is 12.6 Å². The van der Waals surface area contributed by atoms with Gasteiger partial charge in [-0.2, -0.15) is 0 Å². The molecule has 0 aliphatic carbocycles. The van der Waals surface area contributed by atoms with Crippen LogP contribution in [0.3, 0.4) is 0 Å². The second-order valence-corrected chi connectivity index (χ2v) is 4.21. The maximum absolute atomic E-state index is 11.5. The Hall–Kier alpha value is -1.26. The molecule has 0 saturated carbocycles. The van der Waals surface area contributed by atoms with Crippen molar-refractivity contribution in [3.05, 3.63) is 29.8 Å². The lowest BCUT2D eigenvalue weighted by atomic mass is 10.2. The number of rotatable bonds is 5. The Morgan fingerprint density at radius 2 is 2.17 bits per heavy atom. The predicted molar refractivity (Wildman–Crippen MR) is 75.2 cm³/mol. The first-order valence-corrected chi connectivity index (χ1v) is 5.70. The van der Waals surface area contributed by atoms with Crippen LogP contribution in [0.2, 0.25) is 0 Å². The zero-order valence-corrected chi connectivity index (χ0v) is 11.9. The van der Waals surface area contributed by atoms with E-state index in [-0.39, 0.29) is 18.3 Å². The number of halogens is 1. The highest BCUT2D eigenvalue weighted by molar-refractivity contribution is 5.85. The highest BCUT2D eigenvalue weighted by Gasteiger charge is 2.12. The van der Waals surface area contributed by atoms with Gasteiger partial charge in [-0.05, 0) is 31.5 Å². The van der Waals surface area contributed by atoms with E-state index in [0.717, 1.165) is 11.3 Å². The number of hydrogen-bond acceptors (Lipinski definition) is 3. The summed E-state index contributed by atoms with van der Waals surface area (Å²) in [6.45, 7) is 4.70. The number of likely N-dealkylation sites (N-methyl/N-ethyl adjacent to an activating group) is 1. The summed E-state index contributed by atoms with van der Waals surface area (Å²) < 4.78 is 5.55. The van der Waals surface area contributed by atoms with Crippen molar-refractivity contribution in [3.8, 4) is 5.75 Å². The molecule has 4 nitrogen and oxygen atoms in total. The summed E-state index contributed by atoms with van der Waals surface area (Å²) in [4.78, 5) is 13.1. The molecule has 1 aromatic rings. The number of amides is 1. The molecule has 0 heterocycles. The molecule has 5 heteroatoms. The van der Waals surface area contributed by atoms with Gasteiger partial charge in [0.2, 0.25) is 5.91 Å². The lowest BCUT2D eigenvalue weighted by Crippen LogP contribution is -2.41. The first-order chi connectivity index (χ1) is 8.00. The van der Waals surface area contributed by atoms with E-state index in [2.05, 4.69) is 0 Å². The number of ether oxygens (including phenoxy) is 1. The Balaban J connectivity index is 0.00000289. The fourth-order valence-corrected chi connectivity index (χ4v) is 1.46. The molecule has 1 amide bonds. The summed E-state index contributed by atoms with van der Waals surface area (Å²) in [5.74, 6) is 0.754.